The van der Waals surface area contributed by atoms with Crippen molar-refractivity contribution in [2.75, 3.05) is 0 Å². The number of benzene rings is 3. The van der Waals surface area contributed by atoms with Crippen LogP contribution in [-0.2, 0) is 21.7 Å². The van der Waals surface area contributed by atoms with E-state index >= 15 is 0 Å². The normalized spacial score (nSPS) is 7.67. The van der Waals surface area contributed by atoms with E-state index in [1.807, 2.05) is 121 Å². The van der Waals surface area contributed by atoms with E-state index in [4.69, 9.17) is 0 Å². The first kappa shape index (κ1) is 21.7. The van der Waals surface area contributed by atoms with Crippen LogP contribution in [0.4, 0.5) is 0 Å². The van der Waals surface area contributed by atoms with Crippen molar-refractivity contribution in [2.45, 2.75) is 0 Å². The Hall–Kier alpha value is -2.28. The molecule has 0 heterocycles. The molecule has 0 saturated heterocycles. The van der Waals surface area contributed by atoms with Crippen LogP contribution in [0.15, 0.2) is 121 Å². The minimum atomic E-state index is 0. The maximum atomic E-state index is 2.89. The zero-order valence-electron chi connectivity index (χ0n) is 13.5. The Balaban J connectivity index is 0.000000291. The van der Waals surface area contributed by atoms with Crippen LogP contribution in [0, 0.1) is 18.2 Å². The van der Waals surface area contributed by atoms with Gasteiger partial charge in [-0.05, 0) is 0 Å². The van der Waals surface area contributed by atoms with Crippen molar-refractivity contribution in [1.29, 1.82) is 0 Å². The summed E-state index contributed by atoms with van der Waals surface area (Å²) in [6, 6.07) is 47.5. The molecule has 0 aliphatic carbocycles. The Morgan fingerprint density at radius 1 is 0.375 bits per heavy atom. The molecule has 4 rings (SSSR count). The Morgan fingerprint density at radius 3 is 0.750 bits per heavy atom. The Morgan fingerprint density at radius 2 is 0.667 bits per heavy atom. The zero-order valence-corrected chi connectivity index (χ0v) is 15.1. The second kappa shape index (κ2) is 18.8. The second-order valence-electron chi connectivity index (χ2n) is 4.19. The topological polar surface area (TPSA) is 0 Å². The molecule has 0 aliphatic rings. The van der Waals surface area contributed by atoms with Crippen molar-refractivity contribution in [3.8, 4) is 0 Å². The second-order valence-corrected chi connectivity index (χ2v) is 4.19. The molecule has 0 unspecified atom stereocenters. The van der Waals surface area contributed by atoms with E-state index in [2.05, 4.69) is 18.2 Å². The summed E-state index contributed by atoms with van der Waals surface area (Å²) in [6.45, 7) is 0. The van der Waals surface area contributed by atoms with Crippen LogP contribution < -0.4 is 0 Å². The van der Waals surface area contributed by atoms with Crippen molar-refractivity contribution in [3.63, 3.8) is 0 Å². The first-order chi connectivity index (χ1) is 11.5. The summed E-state index contributed by atoms with van der Waals surface area (Å²) in [4.78, 5) is 0. The average Bonchev–Trinajstić information content (AvgIpc) is 3.27. The summed E-state index contributed by atoms with van der Waals surface area (Å²) in [5, 5.41) is 0. The molecule has 24 heavy (non-hydrogen) atoms. The molecule has 0 atom stereocenters. The monoisotopic (exact) mass is 344 g/mol. The smallest absolute Gasteiger partial charge is 0.214 e. The van der Waals surface area contributed by atoms with E-state index < -0.39 is 0 Å². The van der Waals surface area contributed by atoms with Gasteiger partial charge < -0.3 is 0 Å². The summed E-state index contributed by atoms with van der Waals surface area (Å²) in [7, 11) is 0. The molecule has 0 radical (unpaired) electrons. The Kier molecular flexibility index (Phi) is 17.0. The predicted molar refractivity (Wildman–Crippen MR) is 97.9 cm³/mol. The van der Waals surface area contributed by atoms with Gasteiger partial charge in [0.15, 0.2) is 0 Å². The molecular weight excluding hydrogens is 324 g/mol. The van der Waals surface area contributed by atoms with E-state index in [1.54, 1.807) is 0 Å². The van der Waals surface area contributed by atoms with Gasteiger partial charge in [0.1, 0.15) is 0 Å². The molecule has 4 aromatic carbocycles. The first-order valence-electron chi connectivity index (χ1n) is 7.40. The van der Waals surface area contributed by atoms with Crippen molar-refractivity contribution in [1.82, 2.24) is 0 Å². The van der Waals surface area contributed by atoms with Gasteiger partial charge in [0.05, 0.1) is 0 Å². The number of hydrogen-bond acceptors (Lipinski definition) is 0. The molecule has 0 spiro atoms. The maximum Gasteiger partial charge on any atom is 4.00 e. The van der Waals surface area contributed by atoms with Gasteiger partial charge in [0.2, 0.25) is 0 Å². The Bertz CT molecular complexity index is 444. The molecule has 0 N–H and O–H groups in total. The third-order valence-corrected chi connectivity index (χ3v) is 2.38. The van der Waals surface area contributed by atoms with Gasteiger partial charge in [-0.1, -0.05) is 0 Å². The van der Waals surface area contributed by atoms with Crippen molar-refractivity contribution in [3.05, 3.63) is 140 Å². The van der Waals surface area contributed by atoms with E-state index in [0.717, 1.165) is 0 Å². The van der Waals surface area contributed by atoms with E-state index in [0.29, 0.717) is 0 Å². The van der Waals surface area contributed by atoms with Crippen molar-refractivity contribution < 1.29 is 21.7 Å². The summed E-state index contributed by atoms with van der Waals surface area (Å²) in [5.74, 6) is 0. The standard InChI is InChI=1S/3C6H5.C5H5.Ti/c3*1-2-4-6-5-3-1;1-2-4-5-3-1;/h3*1-5H;1-5H;/q4*-1;+4. The molecule has 0 aromatic heterocycles. The largest absolute Gasteiger partial charge is 4.00 e. The molecule has 0 aliphatic heterocycles. The zero-order chi connectivity index (χ0) is 16.3. The van der Waals surface area contributed by atoms with Crippen LogP contribution in [0.25, 0.3) is 0 Å². The van der Waals surface area contributed by atoms with Crippen LogP contribution in [-0.4, -0.2) is 0 Å². The van der Waals surface area contributed by atoms with Crippen LogP contribution in [0.1, 0.15) is 0 Å². The summed E-state index contributed by atoms with van der Waals surface area (Å²) < 4.78 is 0. The van der Waals surface area contributed by atoms with Gasteiger partial charge in [-0.3, -0.25) is 0 Å². The first-order valence-corrected chi connectivity index (χ1v) is 7.40. The van der Waals surface area contributed by atoms with Crippen molar-refractivity contribution >= 4 is 0 Å². The molecule has 0 saturated carbocycles. The average molecular weight is 344 g/mol. The fourth-order valence-electron chi connectivity index (χ4n) is 1.35. The maximum absolute atomic E-state index is 2.89. The van der Waals surface area contributed by atoms with Gasteiger partial charge in [-0.25, -0.2) is 12.1 Å². The SMILES string of the molecule is [Ti+4].[c-]1ccccc1.[c-]1ccccc1.[c-]1ccccc1.c1cc[cH-]c1. The van der Waals surface area contributed by atoms with E-state index in [9.17, 15) is 0 Å². The fraction of sp³-hybridized carbons (Fsp3) is 0. The molecule has 1 heteroatoms. The summed E-state index contributed by atoms with van der Waals surface area (Å²) in [6.07, 6.45) is 0. The fourth-order valence-corrected chi connectivity index (χ4v) is 1.35. The minimum absolute atomic E-state index is 0. The third-order valence-electron chi connectivity index (χ3n) is 2.38. The minimum Gasteiger partial charge on any atom is -0.214 e. The summed E-state index contributed by atoms with van der Waals surface area (Å²) in [5.41, 5.74) is 0. The van der Waals surface area contributed by atoms with E-state index in [-0.39, 0.29) is 21.7 Å². The van der Waals surface area contributed by atoms with Crippen LogP contribution >= 0.6 is 0 Å². The number of hydrogen-bond donors (Lipinski definition) is 0. The number of rotatable bonds is 0. The van der Waals surface area contributed by atoms with Gasteiger partial charge >= 0.3 is 21.7 Å². The van der Waals surface area contributed by atoms with Crippen LogP contribution in [0.5, 0.6) is 0 Å². The summed E-state index contributed by atoms with van der Waals surface area (Å²) >= 11 is 0. The van der Waals surface area contributed by atoms with Crippen LogP contribution in [0.3, 0.4) is 0 Å². The van der Waals surface area contributed by atoms with Gasteiger partial charge in [0, 0.05) is 0 Å². The predicted octanol–water partition coefficient (Wildman–Crippen LogP) is 5.86. The van der Waals surface area contributed by atoms with Gasteiger partial charge in [0.25, 0.3) is 0 Å². The molecule has 116 valence electrons. The molecular formula is C23H20Ti. The molecule has 0 amide bonds. The van der Waals surface area contributed by atoms with Crippen LogP contribution in [0.2, 0.25) is 0 Å². The molecule has 0 bridgehead atoms. The van der Waals surface area contributed by atoms with Gasteiger partial charge in [-0.2, -0.15) is 127 Å². The quantitative estimate of drug-likeness (QED) is 0.277. The molecule has 4 aromatic rings. The Labute approximate surface area is 161 Å². The van der Waals surface area contributed by atoms with E-state index in [1.165, 1.54) is 0 Å². The third kappa shape index (κ3) is 16.1. The molecule has 0 nitrogen and oxygen atoms in total. The van der Waals surface area contributed by atoms with Crippen molar-refractivity contribution in [2.24, 2.45) is 0 Å². The van der Waals surface area contributed by atoms with Gasteiger partial charge in [-0.15, -0.1) is 0 Å². The molecule has 0 fully saturated rings.